The molecule has 0 saturated heterocycles. The van der Waals surface area contributed by atoms with Gasteiger partial charge in [0, 0.05) is 11.4 Å². The molecule has 1 aromatic carbocycles. The maximum absolute atomic E-state index is 10.8. The minimum atomic E-state index is -0.432. The highest BCUT2D eigenvalue weighted by molar-refractivity contribution is 9.09. The van der Waals surface area contributed by atoms with E-state index in [2.05, 4.69) is 22.5 Å². The molecule has 1 aromatic rings. The minimum absolute atomic E-state index is 0.432. The third-order valence-corrected chi connectivity index (χ3v) is 2.09. The Bertz CT molecular complexity index is 317. The van der Waals surface area contributed by atoms with Crippen molar-refractivity contribution in [1.29, 1.82) is 0 Å². The molecule has 1 rings (SSSR count). The highest BCUT2D eigenvalue weighted by atomic mass is 79.9. The lowest BCUT2D eigenvalue weighted by molar-refractivity contribution is -0.128. The molecule has 0 spiro atoms. The number of ether oxygens (including phenoxy) is 1. The number of halogens is 1. The molecule has 0 aliphatic heterocycles. The molecule has 0 fully saturated rings. The summed E-state index contributed by atoms with van der Waals surface area (Å²) in [7, 11) is 0. The fourth-order valence-electron chi connectivity index (χ4n) is 0.991. The van der Waals surface area contributed by atoms with Crippen LogP contribution in [0.25, 0.3) is 0 Å². The molecule has 0 amide bonds. The van der Waals surface area contributed by atoms with Crippen LogP contribution in [-0.2, 0) is 11.2 Å². The molecular formula is C11H11BrO2. The van der Waals surface area contributed by atoms with Crippen LogP contribution in [0.4, 0.5) is 0 Å². The lowest BCUT2D eigenvalue weighted by Crippen LogP contribution is -2.02. The van der Waals surface area contributed by atoms with Gasteiger partial charge in [0.2, 0.25) is 0 Å². The Morgan fingerprint density at radius 3 is 2.57 bits per heavy atom. The van der Waals surface area contributed by atoms with Gasteiger partial charge in [-0.05, 0) is 24.1 Å². The molecule has 3 heteroatoms. The van der Waals surface area contributed by atoms with Crippen molar-refractivity contribution in [2.75, 3.05) is 5.33 Å². The van der Waals surface area contributed by atoms with E-state index in [0.717, 1.165) is 17.8 Å². The van der Waals surface area contributed by atoms with Gasteiger partial charge >= 0.3 is 5.97 Å². The molecular weight excluding hydrogens is 244 g/mol. The smallest absolute Gasteiger partial charge is 0.335 e. The lowest BCUT2D eigenvalue weighted by Gasteiger charge is -2.02. The summed E-state index contributed by atoms with van der Waals surface area (Å²) in [6, 6.07) is 7.43. The van der Waals surface area contributed by atoms with E-state index in [0.29, 0.717) is 5.75 Å². The Morgan fingerprint density at radius 1 is 1.43 bits per heavy atom. The van der Waals surface area contributed by atoms with Gasteiger partial charge < -0.3 is 4.74 Å². The molecule has 0 aliphatic rings. The summed E-state index contributed by atoms with van der Waals surface area (Å²) >= 11 is 3.36. The lowest BCUT2D eigenvalue weighted by atomic mass is 10.2. The van der Waals surface area contributed by atoms with E-state index in [1.54, 1.807) is 12.1 Å². The Balaban J connectivity index is 2.63. The van der Waals surface area contributed by atoms with Crippen molar-refractivity contribution in [3.8, 4) is 5.75 Å². The van der Waals surface area contributed by atoms with Gasteiger partial charge in [-0.2, -0.15) is 0 Å². The first-order valence-corrected chi connectivity index (χ1v) is 5.37. The van der Waals surface area contributed by atoms with Crippen LogP contribution in [0.3, 0.4) is 0 Å². The molecule has 74 valence electrons. The van der Waals surface area contributed by atoms with Gasteiger partial charge in [-0.15, -0.1) is 0 Å². The van der Waals surface area contributed by atoms with Crippen molar-refractivity contribution in [2.24, 2.45) is 0 Å². The molecule has 0 heterocycles. The van der Waals surface area contributed by atoms with Gasteiger partial charge in [0.15, 0.2) is 0 Å². The van der Waals surface area contributed by atoms with Crippen LogP contribution in [0, 0.1) is 0 Å². The zero-order valence-electron chi connectivity index (χ0n) is 7.70. The van der Waals surface area contributed by atoms with Gasteiger partial charge in [0.05, 0.1) is 0 Å². The molecule has 14 heavy (non-hydrogen) atoms. The number of aryl methyl sites for hydroxylation is 1. The summed E-state index contributed by atoms with van der Waals surface area (Å²) in [5, 5.41) is 0.929. The van der Waals surface area contributed by atoms with Gasteiger partial charge in [-0.3, -0.25) is 0 Å². The SMILES string of the molecule is C=CC(=O)Oc1ccc(CCBr)cc1. The van der Waals surface area contributed by atoms with Crippen molar-refractivity contribution in [3.63, 3.8) is 0 Å². The van der Waals surface area contributed by atoms with E-state index in [4.69, 9.17) is 4.74 Å². The molecule has 2 nitrogen and oxygen atoms in total. The van der Waals surface area contributed by atoms with Crippen LogP contribution >= 0.6 is 15.9 Å². The van der Waals surface area contributed by atoms with Gasteiger partial charge in [-0.1, -0.05) is 34.6 Å². The van der Waals surface area contributed by atoms with Gasteiger partial charge in [0.1, 0.15) is 5.75 Å². The highest BCUT2D eigenvalue weighted by Crippen LogP contribution is 2.13. The largest absolute Gasteiger partial charge is 0.423 e. The second-order valence-electron chi connectivity index (χ2n) is 2.71. The van der Waals surface area contributed by atoms with Gasteiger partial charge in [-0.25, -0.2) is 4.79 Å². The number of hydrogen-bond donors (Lipinski definition) is 0. The van der Waals surface area contributed by atoms with E-state index in [1.165, 1.54) is 5.56 Å². The standard InChI is InChI=1S/C11H11BrO2/c1-2-11(13)14-10-5-3-9(4-6-10)7-8-12/h2-6H,1,7-8H2. The second-order valence-corrected chi connectivity index (χ2v) is 3.50. The number of rotatable bonds is 4. The number of esters is 1. The average Bonchev–Trinajstić information content (AvgIpc) is 2.21. The zero-order chi connectivity index (χ0) is 10.4. The first-order valence-electron chi connectivity index (χ1n) is 4.25. The Morgan fingerprint density at radius 2 is 2.07 bits per heavy atom. The Kier molecular flexibility index (Phi) is 4.40. The summed E-state index contributed by atoms with van der Waals surface area (Å²) in [5.74, 6) is 0.117. The van der Waals surface area contributed by atoms with E-state index in [1.807, 2.05) is 12.1 Å². The fraction of sp³-hybridized carbons (Fsp3) is 0.182. The van der Waals surface area contributed by atoms with E-state index in [9.17, 15) is 4.79 Å². The maximum Gasteiger partial charge on any atom is 0.335 e. The molecule has 0 aliphatic carbocycles. The quantitative estimate of drug-likeness (QED) is 0.358. The predicted molar refractivity (Wildman–Crippen MR) is 59.8 cm³/mol. The molecule has 0 bridgehead atoms. The normalized spacial score (nSPS) is 9.50. The molecule has 0 aromatic heterocycles. The Hall–Kier alpha value is -1.09. The number of hydrogen-bond acceptors (Lipinski definition) is 2. The van der Waals surface area contributed by atoms with Gasteiger partial charge in [0.25, 0.3) is 0 Å². The third-order valence-electron chi connectivity index (χ3n) is 1.69. The molecule has 0 atom stereocenters. The predicted octanol–water partition coefficient (Wildman–Crippen LogP) is 2.72. The first kappa shape index (κ1) is 11.0. The number of benzene rings is 1. The van der Waals surface area contributed by atoms with Crippen molar-refractivity contribution in [2.45, 2.75) is 6.42 Å². The first-order chi connectivity index (χ1) is 6.76. The fourth-order valence-corrected chi connectivity index (χ4v) is 1.45. The van der Waals surface area contributed by atoms with Crippen LogP contribution in [0.15, 0.2) is 36.9 Å². The molecule has 0 saturated carbocycles. The van der Waals surface area contributed by atoms with Crippen LogP contribution in [0.1, 0.15) is 5.56 Å². The maximum atomic E-state index is 10.8. The number of carbonyl (C=O) groups excluding carboxylic acids is 1. The monoisotopic (exact) mass is 254 g/mol. The molecule has 0 N–H and O–H groups in total. The summed E-state index contributed by atoms with van der Waals surface area (Å²) in [5.41, 5.74) is 1.21. The topological polar surface area (TPSA) is 26.3 Å². The van der Waals surface area contributed by atoms with Crippen LogP contribution in [0.5, 0.6) is 5.75 Å². The summed E-state index contributed by atoms with van der Waals surface area (Å²) in [4.78, 5) is 10.8. The van der Waals surface area contributed by atoms with Crippen molar-refractivity contribution in [3.05, 3.63) is 42.5 Å². The Labute approximate surface area is 91.7 Å². The number of carbonyl (C=O) groups is 1. The summed E-state index contributed by atoms with van der Waals surface area (Å²) < 4.78 is 4.93. The van der Waals surface area contributed by atoms with Crippen molar-refractivity contribution < 1.29 is 9.53 Å². The molecule has 0 unspecified atom stereocenters. The van der Waals surface area contributed by atoms with Crippen molar-refractivity contribution >= 4 is 21.9 Å². The summed E-state index contributed by atoms with van der Waals surface area (Å²) in [6.07, 6.45) is 2.11. The van der Waals surface area contributed by atoms with Crippen LogP contribution < -0.4 is 4.74 Å². The van der Waals surface area contributed by atoms with Crippen LogP contribution in [-0.4, -0.2) is 11.3 Å². The van der Waals surface area contributed by atoms with Crippen LogP contribution in [0.2, 0.25) is 0 Å². The summed E-state index contributed by atoms with van der Waals surface area (Å²) in [6.45, 7) is 3.32. The third kappa shape index (κ3) is 3.34. The second kappa shape index (κ2) is 5.60. The molecule has 0 radical (unpaired) electrons. The minimum Gasteiger partial charge on any atom is -0.423 e. The van der Waals surface area contributed by atoms with E-state index in [-0.39, 0.29) is 0 Å². The van der Waals surface area contributed by atoms with Crippen molar-refractivity contribution in [1.82, 2.24) is 0 Å². The van der Waals surface area contributed by atoms with E-state index < -0.39 is 5.97 Å². The zero-order valence-corrected chi connectivity index (χ0v) is 9.29. The average molecular weight is 255 g/mol. The highest BCUT2D eigenvalue weighted by Gasteiger charge is 1.99. The van der Waals surface area contributed by atoms with E-state index >= 15 is 0 Å². The number of alkyl halides is 1.